The monoisotopic (exact) mass is 210 g/mol. The van der Waals surface area contributed by atoms with Crippen LogP contribution in [0.15, 0.2) is 24.3 Å². The molecule has 0 aliphatic carbocycles. The topological polar surface area (TPSA) is 67.5 Å². The molecule has 4 N–H and O–H groups in total. The van der Waals surface area contributed by atoms with Crippen molar-refractivity contribution >= 4 is 11.4 Å². The Morgan fingerprint density at radius 2 is 2.33 bits per heavy atom. The van der Waals surface area contributed by atoms with E-state index in [0.29, 0.717) is 13.0 Å². The second kappa shape index (κ2) is 6.27. The Labute approximate surface area is 90.1 Å². The van der Waals surface area contributed by atoms with Gasteiger partial charge in [-0.15, -0.1) is 0 Å². The molecule has 4 nitrogen and oxygen atoms in total. The molecular weight excluding hydrogens is 192 g/mol. The first-order valence-electron chi connectivity index (χ1n) is 4.98. The van der Waals surface area contributed by atoms with Crippen molar-refractivity contribution in [2.45, 2.75) is 12.5 Å². The zero-order valence-electron chi connectivity index (χ0n) is 8.94. The molecule has 0 fully saturated rings. The van der Waals surface area contributed by atoms with E-state index in [0.717, 1.165) is 11.4 Å². The van der Waals surface area contributed by atoms with Crippen molar-refractivity contribution in [2.75, 3.05) is 31.4 Å². The number of benzene rings is 1. The summed E-state index contributed by atoms with van der Waals surface area (Å²) < 4.78 is 5.05. The first-order valence-corrected chi connectivity index (χ1v) is 4.98. The second-order valence-corrected chi connectivity index (χ2v) is 3.43. The normalized spacial score (nSPS) is 12.4. The van der Waals surface area contributed by atoms with Crippen molar-refractivity contribution < 1.29 is 9.84 Å². The highest BCUT2D eigenvalue weighted by atomic mass is 16.5. The Morgan fingerprint density at radius 3 is 2.93 bits per heavy atom. The lowest BCUT2D eigenvalue weighted by Gasteiger charge is -2.18. The van der Waals surface area contributed by atoms with E-state index < -0.39 is 0 Å². The predicted octanol–water partition coefficient (Wildman–Crippen LogP) is 1.08. The molecule has 1 rings (SSSR count). The Hall–Kier alpha value is -1.26. The van der Waals surface area contributed by atoms with Crippen molar-refractivity contribution in [2.24, 2.45) is 0 Å². The smallest absolute Gasteiger partial charge is 0.0664 e. The number of methoxy groups -OCH3 is 1. The van der Waals surface area contributed by atoms with Gasteiger partial charge in [-0.1, -0.05) is 6.07 Å². The molecule has 0 amide bonds. The summed E-state index contributed by atoms with van der Waals surface area (Å²) in [7, 11) is 1.64. The molecular formula is C11H18N2O2. The maximum Gasteiger partial charge on any atom is 0.0664 e. The molecule has 0 spiro atoms. The fraction of sp³-hybridized carbons (Fsp3) is 0.455. The van der Waals surface area contributed by atoms with Crippen LogP contribution in [0.1, 0.15) is 6.42 Å². The van der Waals surface area contributed by atoms with E-state index >= 15 is 0 Å². The highest BCUT2D eigenvalue weighted by Gasteiger charge is 2.07. The van der Waals surface area contributed by atoms with Gasteiger partial charge in [0.25, 0.3) is 0 Å². The molecule has 0 radical (unpaired) electrons. The van der Waals surface area contributed by atoms with Gasteiger partial charge in [-0.25, -0.2) is 0 Å². The number of nitrogens with two attached hydrogens (primary N) is 1. The lowest BCUT2D eigenvalue weighted by atomic mass is 10.2. The number of hydrogen-bond acceptors (Lipinski definition) is 4. The third-order valence-corrected chi connectivity index (χ3v) is 2.10. The highest BCUT2D eigenvalue weighted by Crippen LogP contribution is 2.13. The van der Waals surface area contributed by atoms with Crippen LogP contribution in [0.4, 0.5) is 11.4 Å². The van der Waals surface area contributed by atoms with Gasteiger partial charge in [0.1, 0.15) is 0 Å². The van der Waals surface area contributed by atoms with E-state index in [1.165, 1.54) is 0 Å². The standard InChI is InChI=1S/C11H18N2O2/c1-15-8-11(5-6-14)13-10-4-2-3-9(12)7-10/h2-4,7,11,13-14H,5-6,8,12H2,1H3. The van der Waals surface area contributed by atoms with Crippen LogP contribution in [-0.4, -0.2) is 31.5 Å². The largest absolute Gasteiger partial charge is 0.399 e. The van der Waals surface area contributed by atoms with E-state index in [1.807, 2.05) is 24.3 Å². The Bertz CT molecular complexity index is 286. The number of anilines is 2. The summed E-state index contributed by atoms with van der Waals surface area (Å²) in [5.74, 6) is 0. The lowest BCUT2D eigenvalue weighted by molar-refractivity contribution is 0.170. The number of ether oxygens (including phenoxy) is 1. The molecule has 0 heterocycles. The summed E-state index contributed by atoms with van der Waals surface area (Å²) >= 11 is 0. The van der Waals surface area contributed by atoms with Gasteiger partial charge in [-0.05, 0) is 24.6 Å². The molecule has 0 aliphatic rings. The number of nitrogens with one attached hydrogen (secondary N) is 1. The van der Waals surface area contributed by atoms with Gasteiger partial charge < -0.3 is 20.9 Å². The van der Waals surface area contributed by atoms with E-state index in [2.05, 4.69) is 5.32 Å². The molecule has 0 aliphatic heterocycles. The third kappa shape index (κ3) is 4.18. The Kier molecular flexibility index (Phi) is 4.93. The zero-order valence-corrected chi connectivity index (χ0v) is 8.94. The molecule has 1 unspecified atom stereocenters. The third-order valence-electron chi connectivity index (χ3n) is 2.10. The van der Waals surface area contributed by atoms with Crippen LogP contribution in [0.5, 0.6) is 0 Å². The van der Waals surface area contributed by atoms with Crippen molar-refractivity contribution in [3.8, 4) is 0 Å². The number of aliphatic hydroxyl groups is 1. The number of nitrogen functional groups attached to an aromatic ring is 1. The minimum atomic E-state index is 0.113. The van der Waals surface area contributed by atoms with Gasteiger partial charge in [0, 0.05) is 25.1 Å². The minimum absolute atomic E-state index is 0.113. The SMILES string of the molecule is COCC(CCO)Nc1cccc(N)c1. The van der Waals surface area contributed by atoms with Crippen molar-refractivity contribution in [1.29, 1.82) is 0 Å². The van der Waals surface area contributed by atoms with Crippen LogP contribution in [0.25, 0.3) is 0 Å². The Balaban J connectivity index is 2.56. The average molecular weight is 210 g/mol. The fourth-order valence-electron chi connectivity index (χ4n) is 1.42. The molecule has 0 saturated heterocycles. The number of hydrogen-bond donors (Lipinski definition) is 3. The van der Waals surface area contributed by atoms with Crippen molar-refractivity contribution in [3.63, 3.8) is 0 Å². The van der Waals surface area contributed by atoms with E-state index in [1.54, 1.807) is 7.11 Å². The molecule has 4 heteroatoms. The first kappa shape index (κ1) is 11.8. The number of rotatable bonds is 6. The van der Waals surface area contributed by atoms with Crippen LogP contribution in [0, 0.1) is 0 Å². The summed E-state index contributed by atoms with van der Waals surface area (Å²) in [5.41, 5.74) is 7.33. The summed E-state index contributed by atoms with van der Waals surface area (Å²) in [6.45, 7) is 0.707. The first-order chi connectivity index (χ1) is 7.26. The highest BCUT2D eigenvalue weighted by molar-refractivity contribution is 5.54. The van der Waals surface area contributed by atoms with Crippen molar-refractivity contribution in [1.82, 2.24) is 0 Å². The molecule has 15 heavy (non-hydrogen) atoms. The summed E-state index contributed by atoms with van der Waals surface area (Å²) in [4.78, 5) is 0. The van der Waals surface area contributed by atoms with Crippen LogP contribution >= 0.6 is 0 Å². The molecule has 1 aromatic carbocycles. The zero-order chi connectivity index (χ0) is 11.1. The maximum absolute atomic E-state index is 8.88. The van der Waals surface area contributed by atoms with Gasteiger partial charge in [0.2, 0.25) is 0 Å². The van der Waals surface area contributed by atoms with Gasteiger partial charge in [0.15, 0.2) is 0 Å². The fourth-order valence-corrected chi connectivity index (χ4v) is 1.42. The summed E-state index contributed by atoms with van der Waals surface area (Å²) in [6, 6.07) is 7.64. The molecule has 0 saturated carbocycles. The summed E-state index contributed by atoms with van der Waals surface area (Å²) in [5, 5.41) is 12.1. The summed E-state index contributed by atoms with van der Waals surface area (Å²) in [6.07, 6.45) is 0.655. The van der Waals surface area contributed by atoms with Crippen LogP contribution < -0.4 is 11.1 Å². The van der Waals surface area contributed by atoms with E-state index in [-0.39, 0.29) is 12.6 Å². The maximum atomic E-state index is 8.88. The van der Waals surface area contributed by atoms with Gasteiger partial charge in [0.05, 0.1) is 12.6 Å². The predicted molar refractivity (Wildman–Crippen MR) is 61.8 cm³/mol. The van der Waals surface area contributed by atoms with Gasteiger partial charge >= 0.3 is 0 Å². The molecule has 0 bridgehead atoms. The second-order valence-electron chi connectivity index (χ2n) is 3.43. The molecule has 84 valence electrons. The van der Waals surface area contributed by atoms with Gasteiger partial charge in [-0.3, -0.25) is 0 Å². The average Bonchev–Trinajstić information content (AvgIpc) is 2.18. The molecule has 1 atom stereocenters. The van der Waals surface area contributed by atoms with E-state index in [9.17, 15) is 0 Å². The van der Waals surface area contributed by atoms with Crippen LogP contribution in [0.2, 0.25) is 0 Å². The van der Waals surface area contributed by atoms with Crippen LogP contribution in [-0.2, 0) is 4.74 Å². The molecule has 1 aromatic rings. The quantitative estimate of drug-likeness (QED) is 0.615. The van der Waals surface area contributed by atoms with Crippen molar-refractivity contribution in [3.05, 3.63) is 24.3 Å². The van der Waals surface area contributed by atoms with Crippen LogP contribution in [0.3, 0.4) is 0 Å². The lowest BCUT2D eigenvalue weighted by Crippen LogP contribution is -2.26. The Morgan fingerprint density at radius 1 is 1.53 bits per heavy atom. The minimum Gasteiger partial charge on any atom is -0.399 e. The van der Waals surface area contributed by atoms with E-state index in [4.69, 9.17) is 15.6 Å². The number of aliphatic hydroxyl groups excluding tert-OH is 1. The van der Waals surface area contributed by atoms with Gasteiger partial charge in [-0.2, -0.15) is 0 Å². The molecule has 0 aromatic heterocycles.